The van der Waals surface area contributed by atoms with E-state index in [1.54, 1.807) is 6.07 Å². The first-order valence-electron chi connectivity index (χ1n) is 7.80. The van der Waals surface area contributed by atoms with Gasteiger partial charge >= 0.3 is 0 Å². The van der Waals surface area contributed by atoms with Gasteiger partial charge in [0.15, 0.2) is 11.9 Å². The van der Waals surface area contributed by atoms with Gasteiger partial charge in [-0.2, -0.15) is 0 Å². The zero-order chi connectivity index (χ0) is 16.0. The van der Waals surface area contributed by atoms with Crippen LogP contribution in [0.5, 0.6) is 5.75 Å². The van der Waals surface area contributed by atoms with Crippen molar-refractivity contribution in [2.75, 3.05) is 6.54 Å². The van der Waals surface area contributed by atoms with Gasteiger partial charge in [-0.15, -0.1) is 0 Å². The number of benzene rings is 1. The Kier molecular flexibility index (Phi) is 3.53. The fraction of sp³-hybridized carbons (Fsp3) is 0.412. The lowest BCUT2D eigenvalue weighted by molar-refractivity contribution is -0.139. The van der Waals surface area contributed by atoms with Crippen molar-refractivity contribution in [1.82, 2.24) is 10.1 Å². The number of likely N-dealkylation sites (tertiary alicyclic amines) is 1. The molecule has 3 heterocycles. The average Bonchev–Trinajstić information content (AvgIpc) is 3.23. The van der Waals surface area contributed by atoms with Crippen molar-refractivity contribution in [2.24, 2.45) is 0 Å². The molecule has 1 saturated heterocycles. The summed E-state index contributed by atoms with van der Waals surface area (Å²) in [7, 11) is 0. The molecule has 1 amide bonds. The van der Waals surface area contributed by atoms with Gasteiger partial charge in [0, 0.05) is 24.1 Å². The Morgan fingerprint density at radius 1 is 1.39 bits per heavy atom. The molecule has 4 rings (SSSR count). The normalized spacial score (nSPS) is 23.0. The average molecular weight is 333 g/mol. The van der Waals surface area contributed by atoms with Crippen LogP contribution in [-0.4, -0.2) is 28.6 Å². The molecule has 23 heavy (non-hydrogen) atoms. The van der Waals surface area contributed by atoms with Crippen molar-refractivity contribution in [3.63, 3.8) is 0 Å². The highest BCUT2D eigenvalue weighted by molar-refractivity contribution is 6.30. The number of carbonyl (C=O) groups excluding carboxylic acids is 1. The maximum atomic E-state index is 12.9. The molecule has 0 bridgehead atoms. The van der Waals surface area contributed by atoms with E-state index < -0.39 is 6.10 Å². The first-order valence-corrected chi connectivity index (χ1v) is 8.18. The van der Waals surface area contributed by atoms with Crippen LogP contribution in [-0.2, 0) is 11.2 Å². The van der Waals surface area contributed by atoms with Crippen LogP contribution in [0, 0.1) is 6.92 Å². The molecule has 0 radical (unpaired) electrons. The lowest BCUT2D eigenvalue weighted by Gasteiger charge is -2.25. The largest absolute Gasteiger partial charge is 0.480 e. The summed E-state index contributed by atoms with van der Waals surface area (Å²) < 4.78 is 11.2. The summed E-state index contributed by atoms with van der Waals surface area (Å²) in [5, 5.41) is 4.60. The number of nitrogens with zero attached hydrogens (tertiary/aromatic N) is 2. The Bertz CT molecular complexity index is 758. The SMILES string of the molecule is Cc1cc([C@@H]2CCCN2C(=O)[C@@H]2Cc3cc(Cl)ccc3O2)on1. The van der Waals surface area contributed by atoms with E-state index in [-0.39, 0.29) is 11.9 Å². The Morgan fingerprint density at radius 2 is 2.26 bits per heavy atom. The van der Waals surface area contributed by atoms with E-state index >= 15 is 0 Å². The summed E-state index contributed by atoms with van der Waals surface area (Å²) in [5.74, 6) is 1.51. The molecular formula is C17H17ClN2O3. The molecule has 5 nitrogen and oxygen atoms in total. The fourth-order valence-electron chi connectivity index (χ4n) is 3.41. The molecule has 0 N–H and O–H groups in total. The van der Waals surface area contributed by atoms with Crippen LogP contribution in [0.1, 0.15) is 35.9 Å². The molecule has 1 aromatic carbocycles. The smallest absolute Gasteiger partial charge is 0.264 e. The Labute approximate surface area is 139 Å². The summed E-state index contributed by atoms with van der Waals surface area (Å²) in [6.45, 7) is 2.61. The van der Waals surface area contributed by atoms with Crippen LogP contribution in [0.25, 0.3) is 0 Å². The standard InChI is InChI=1S/C17H17ClN2O3/c1-10-7-15(23-19-10)13-3-2-6-20(13)17(21)16-9-11-8-12(18)4-5-14(11)22-16/h4-5,7-8,13,16H,2-3,6,9H2,1H3/t13-,16-/m0/s1. The number of hydrogen-bond acceptors (Lipinski definition) is 4. The topological polar surface area (TPSA) is 55.6 Å². The fourth-order valence-corrected chi connectivity index (χ4v) is 3.60. The molecule has 120 valence electrons. The summed E-state index contributed by atoms with van der Waals surface area (Å²) in [4.78, 5) is 14.8. The minimum Gasteiger partial charge on any atom is -0.480 e. The maximum Gasteiger partial charge on any atom is 0.264 e. The number of aryl methyl sites for hydroxylation is 1. The van der Waals surface area contributed by atoms with Gasteiger partial charge < -0.3 is 14.2 Å². The highest BCUT2D eigenvalue weighted by atomic mass is 35.5. The van der Waals surface area contributed by atoms with Gasteiger partial charge in [0.2, 0.25) is 0 Å². The van der Waals surface area contributed by atoms with Gasteiger partial charge in [-0.3, -0.25) is 4.79 Å². The molecule has 0 saturated carbocycles. The molecule has 0 aliphatic carbocycles. The van der Waals surface area contributed by atoms with Crippen molar-refractivity contribution >= 4 is 17.5 Å². The van der Waals surface area contributed by atoms with Crippen molar-refractivity contribution in [3.05, 3.63) is 46.3 Å². The number of aromatic nitrogens is 1. The highest BCUT2D eigenvalue weighted by Crippen LogP contribution is 2.36. The van der Waals surface area contributed by atoms with E-state index in [4.69, 9.17) is 20.9 Å². The number of hydrogen-bond donors (Lipinski definition) is 0. The molecule has 6 heteroatoms. The van der Waals surface area contributed by atoms with Crippen LogP contribution in [0.4, 0.5) is 0 Å². The van der Waals surface area contributed by atoms with Gasteiger partial charge in [-0.25, -0.2) is 0 Å². The van der Waals surface area contributed by atoms with Crippen molar-refractivity contribution in [2.45, 2.75) is 38.3 Å². The molecular weight excluding hydrogens is 316 g/mol. The highest BCUT2D eigenvalue weighted by Gasteiger charge is 2.39. The molecule has 2 atom stereocenters. The summed E-state index contributed by atoms with van der Waals surface area (Å²) in [5.41, 5.74) is 1.82. The quantitative estimate of drug-likeness (QED) is 0.846. The Balaban J connectivity index is 1.53. The van der Waals surface area contributed by atoms with Crippen LogP contribution in [0.3, 0.4) is 0 Å². The first-order chi connectivity index (χ1) is 11.1. The minimum atomic E-state index is -0.479. The lowest BCUT2D eigenvalue weighted by Crippen LogP contribution is -2.40. The van der Waals surface area contributed by atoms with Gasteiger partial charge in [0.1, 0.15) is 5.75 Å². The third kappa shape index (κ3) is 2.59. The molecule has 2 aromatic rings. The van der Waals surface area contributed by atoms with Crippen molar-refractivity contribution in [1.29, 1.82) is 0 Å². The molecule has 1 fully saturated rings. The summed E-state index contributed by atoms with van der Waals surface area (Å²) >= 11 is 6.01. The van der Waals surface area contributed by atoms with Crippen LogP contribution in [0.2, 0.25) is 5.02 Å². The van der Waals surface area contributed by atoms with Gasteiger partial charge in [0.05, 0.1) is 11.7 Å². The minimum absolute atomic E-state index is 0.00822. The van der Waals surface area contributed by atoms with E-state index in [0.29, 0.717) is 11.4 Å². The van der Waals surface area contributed by atoms with Crippen LogP contribution < -0.4 is 4.74 Å². The molecule has 2 aliphatic heterocycles. The summed E-state index contributed by atoms with van der Waals surface area (Å²) in [6.07, 6.45) is 1.94. The maximum absolute atomic E-state index is 12.9. The number of ether oxygens (including phenoxy) is 1. The number of fused-ring (bicyclic) bond motifs is 1. The molecule has 0 spiro atoms. The summed E-state index contributed by atoms with van der Waals surface area (Å²) in [6, 6.07) is 7.33. The third-order valence-corrected chi connectivity index (χ3v) is 4.72. The Morgan fingerprint density at radius 3 is 3.04 bits per heavy atom. The zero-order valence-corrected chi connectivity index (χ0v) is 13.5. The van der Waals surface area contributed by atoms with Crippen molar-refractivity contribution in [3.8, 4) is 5.75 Å². The lowest BCUT2D eigenvalue weighted by atomic mass is 10.1. The number of carbonyl (C=O) groups is 1. The molecule has 0 unspecified atom stereocenters. The first kappa shape index (κ1) is 14.6. The molecule has 1 aromatic heterocycles. The van der Waals surface area contributed by atoms with Gasteiger partial charge in [-0.05, 0) is 43.5 Å². The Hall–Kier alpha value is -2.01. The third-order valence-electron chi connectivity index (χ3n) is 4.48. The van der Waals surface area contributed by atoms with Gasteiger partial charge in [-0.1, -0.05) is 16.8 Å². The van der Waals surface area contributed by atoms with Crippen molar-refractivity contribution < 1.29 is 14.1 Å². The van der Waals surface area contributed by atoms with E-state index in [1.807, 2.05) is 30.0 Å². The predicted molar refractivity (Wildman–Crippen MR) is 84.5 cm³/mol. The second kappa shape index (κ2) is 5.57. The van der Waals surface area contributed by atoms with Crippen LogP contribution >= 0.6 is 11.6 Å². The number of halogens is 1. The van der Waals surface area contributed by atoms with E-state index in [2.05, 4.69) is 5.16 Å². The number of rotatable bonds is 2. The van der Waals surface area contributed by atoms with Gasteiger partial charge in [0.25, 0.3) is 5.91 Å². The van der Waals surface area contributed by atoms with E-state index in [0.717, 1.165) is 42.2 Å². The monoisotopic (exact) mass is 332 g/mol. The molecule has 2 aliphatic rings. The number of amides is 1. The van der Waals surface area contributed by atoms with E-state index in [9.17, 15) is 4.79 Å². The predicted octanol–water partition coefficient (Wildman–Crippen LogP) is 3.30. The van der Waals surface area contributed by atoms with E-state index in [1.165, 1.54) is 0 Å². The second-order valence-electron chi connectivity index (χ2n) is 6.12. The van der Waals surface area contributed by atoms with Crippen LogP contribution in [0.15, 0.2) is 28.8 Å². The zero-order valence-electron chi connectivity index (χ0n) is 12.8. The second-order valence-corrected chi connectivity index (χ2v) is 6.56.